The minimum Gasteiger partial charge on any atom is -0.364 e. The second-order valence-electron chi connectivity index (χ2n) is 4.59. The van der Waals surface area contributed by atoms with Gasteiger partial charge in [0.2, 0.25) is 0 Å². The Kier molecular flexibility index (Phi) is 4.34. The van der Waals surface area contributed by atoms with Crippen molar-refractivity contribution in [3.05, 3.63) is 48.9 Å². The number of nitrogens with zero attached hydrogens (tertiary/aromatic N) is 5. The summed E-state index contributed by atoms with van der Waals surface area (Å²) in [6.45, 7) is 4.97. The monoisotopic (exact) mass is 312 g/mol. The Morgan fingerprint density at radius 2 is 2.27 bits per heavy atom. The molecule has 0 aliphatic heterocycles. The maximum absolute atomic E-state index is 4.54. The lowest BCUT2D eigenvalue weighted by molar-refractivity contribution is 0.715. The van der Waals surface area contributed by atoms with Gasteiger partial charge in [0.1, 0.15) is 5.82 Å². The quantitative estimate of drug-likeness (QED) is 0.429. The van der Waals surface area contributed by atoms with Crippen molar-refractivity contribution in [3.63, 3.8) is 0 Å². The number of allylic oxidation sites excluding steroid dienone is 1. The standard InChI is InChI=1S/C15H16N6S/c1-3-8-21-14-12(10-18-21)13(19-15(20-14)22-2)17-9-11-6-4-5-7-16-11/h3-7,10H,1,8-9H2,2H3,(H,17,19,20). The molecule has 0 radical (unpaired) electrons. The molecule has 3 rings (SSSR count). The summed E-state index contributed by atoms with van der Waals surface area (Å²) in [6, 6.07) is 5.84. The molecule has 0 unspecified atom stereocenters. The van der Waals surface area contributed by atoms with Gasteiger partial charge in [-0.3, -0.25) is 4.98 Å². The van der Waals surface area contributed by atoms with Crippen LogP contribution in [-0.4, -0.2) is 31.0 Å². The lowest BCUT2D eigenvalue weighted by Gasteiger charge is -2.08. The van der Waals surface area contributed by atoms with E-state index in [0.717, 1.165) is 22.5 Å². The van der Waals surface area contributed by atoms with Gasteiger partial charge in [0.05, 0.1) is 30.4 Å². The Labute approximate surface area is 132 Å². The smallest absolute Gasteiger partial charge is 0.191 e. The minimum absolute atomic E-state index is 0.605. The average Bonchev–Trinajstić information content (AvgIpc) is 2.97. The Morgan fingerprint density at radius 3 is 3.00 bits per heavy atom. The van der Waals surface area contributed by atoms with E-state index in [0.29, 0.717) is 18.2 Å². The normalized spacial score (nSPS) is 10.8. The molecular formula is C15H16N6S. The molecule has 3 aromatic rings. The lowest BCUT2D eigenvalue weighted by atomic mass is 10.3. The molecule has 3 heterocycles. The molecule has 0 aliphatic rings. The molecule has 7 heteroatoms. The number of hydrogen-bond acceptors (Lipinski definition) is 6. The molecule has 0 aromatic carbocycles. The van der Waals surface area contributed by atoms with Crippen LogP contribution < -0.4 is 5.32 Å². The highest BCUT2D eigenvalue weighted by atomic mass is 32.2. The van der Waals surface area contributed by atoms with Crippen LogP contribution >= 0.6 is 11.8 Å². The summed E-state index contributed by atoms with van der Waals surface area (Å²) >= 11 is 1.50. The van der Waals surface area contributed by atoms with Gasteiger partial charge in [0, 0.05) is 6.20 Å². The fraction of sp³-hybridized carbons (Fsp3) is 0.200. The number of thioether (sulfide) groups is 1. The van der Waals surface area contributed by atoms with E-state index in [9.17, 15) is 0 Å². The lowest BCUT2D eigenvalue weighted by Crippen LogP contribution is -2.06. The molecule has 0 saturated heterocycles. The first-order valence-corrected chi connectivity index (χ1v) is 8.06. The molecule has 0 atom stereocenters. The molecule has 0 bridgehead atoms. The predicted octanol–water partition coefficient (Wildman–Crippen LogP) is 2.74. The second-order valence-corrected chi connectivity index (χ2v) is 5.36. The van der Waals surface area contributed by atoms with E-state index in [2.05, 4.69) is 31.9 Å². The zero-order valence-corrected chi connectivity index (χ0v) is 13.0. The van der Waals surface area contributed by atoms with E-state index < -0.39 is 0 Å². The van der Waals surface area contributed by atoms with E-state index in [-0.39, 0.29) is 0 Å². The number of anilines is 1. The molecule has 0 aliphatic carbocycles. The van der Waals surface area contributed by atoms with Gasteiger partial charge >= 0.3 is 0 Å². The third kappa shape index (κ3) is 2.94. The Balaban J connectivity index is 1.95. The highest BCUT2D eigenvalue weighted by molar-refractivity contribution is 7.98. The van der Waals surface area contributed by atoms with Crippen molar-refractivity contribution in [2.24, 2.45) is 0 Å². The number of fused-ring (bicyclic) bond motifs is 1. The molecule has 0 saturated carbocycles. The van der Waals surface area contributed by atoms with Crippen LogP contribution in [0.4, 0.5) is 5.82 Å². The molecule has 0 spiro atoms. The zero-order chi connectivity index (χ0) is 15.4. The zero-order valence-electron chi connectivity index (χ0n) is 12.2. The summed E-state index contributed by atoms with van der Waals surface area (Å²) in [6.07, 6.45) is 7.32. The third-order valence-electron chi connectivity index (χ3n) is 3.12. The molecule has 112 valence electrons. The molecule has 0 amide bonds. The largest absolute Gasteiger partial charge is 0.364 e. The van der Waals surface area contributed by atoms with Crippen molar-refractivity contribution in [2.45, 2.75) is 18.2 Å². The first-order chi connectivity index (χ1) is 10.8. The summed E-state index contributed by atoms with van der Waals surface area (Å²) < 4.78 is 1.82. The second kappa shape index (κ2) is 6.57. The maximum atomic E-state index is 4.54. The Morgan fingerprint density at radius 1 is 1.36 bits per heavy atom. The first-order valence-electron chi connectivity index (χ1n) is 6.84. The maximum Gasteiger partial charge on any atom is 0.191 e. The van der Waals surface area contributed by atoms with E-state index >= 15 is 0 Å². The summed E-state index contributed by atoms with van der Waals surface area (Å²) in [5.74, 6) is 0.773. The van der Waals surface area contributed by atoms with Crippen LogP contribution in [0.15, 0.2) is 48.4 Å². The van der Waals surface area contributed by atoms with Gasteiger partial charge in [-0.1, -0.05) is 23.9 Å². The minimum atomic E-state index is 0.605. The van der Waals surface area contributed by atoms with E-state index in [1.807, 2.05) is 29.1 Å². The van der Waals surface area contributed by atoms with Gasteiger partial charge in [-0.15, -0.1) is 6.58 Å². The predicted molar refractivity (Wildman–Crippen MR) is 88.9 cm³/mol. The highest BCUT2D eigenvalue weighted by Crippen LogP contribution is 2.23. The SMILES string of the molecule is C=CCn1ncc2c(NCc3ccccn3)nc(SC)nc21. The summed E-state index contributed by atoms with van der Waals surface area (Å²) in [4.78, 5) is 13.4. The summed E-state index contributed by atoms with van der Waals surface area (Å²) in [7, 11) is 0. The molecule has 6 nitrogen and oxygen atoms in total. The van der Waals surface area contributed by atoms with Gasteiger partial charge in [-0.25, -0.2) is 14.6 Å². The van der Waals surface area contributed by atoms with Crippen molar-refractivity contribution in [1.29, 1.82) is 0 Å². The van der Waals surface area contributed by atoms with Crippen molar-refractivity contribution < 1.29 is 0 Å². The highest BCUT2D eigenvalue weighted by Gasteiger charge is 2.12. The van der Waals surface area contributed by atoms with E-state index in [1.54, 1.807) is 18.5 Å². The van der Waals surface area contributed by atoms with Gasteiger partial charge in [0.15, 0.2) is 10.8 Å². The molecule has 1 N–H and O–H groups in total. The Bertz CT molecular complexity index is 783. The van der Waals surface area contributed by atoms with Gasteiger partial charge in [-0.2, -0.15) is 5.10 Å². The first kappa shape index (κ1) is 14.5. The van der Waals surface area contributed by atoms with Crippen LogP contribution in [0.5, 0.6) is 0 Å². The van der Waals surface area contributed by atoms with Crippen LogP contribution in [0.3, 0.4) is 0 Å². The number of rotatable bonds is 6. The number of aromatic nitrogens is 5. The van der Waals surface area contributed by atoms with Crippen LogP contribution in [0, 0.1) is 0 Å². The average molecular weight is 312 g/mol. The summed E-state index contributed by atoms with van der Waals surface area (Å²) in [5, 5.41) is 9.29. The van der Waals surface area contributed by atoms with Crippen molar-refractivity contribution in [3.8, 4) is 0 Å². The van der Waals surface area contributed by atoms with Gasteiger partial charge < -0.3 is 5.32 Å². The van der Waals surface area contributed by atoms with Crippen molar-refractivity contribution >= 4 is 28.6 Å². The molecule has 22 heavy (non-hydrogen) atoms. The number of hydrogen-bond donors (Lipinski definition) is 1. The van der Waals surface area contributed by atoms with E-state index in [4.69, 9.17) is 0 Å². The molecule has 3 aromatic heterocycles. The van der Waals surface area contributed by atoms with Crippen molar-refractivity contribution in [1.82, 2.24) is 24.7 Å². The number of pyridine rings is 1. The Hall–Kier alpha value is -2.41. The van der Waals surface area contributed by atoms with Crippen LogP contribution in [-0.2, 0) is 13.1 Å². The number of nitrogens with one attached hydrogen (secondary N) is 1. The van der Waals surface area contributed by atoms with Crippen molar-refractivity contribution in [2.75, 3.05) is 11.6 Å². The van der Waals surface area contributed by atoms with Gasteiger partial charge in [-0.05, 0) is 18.4 Å². The van der Waals surface area contributed by atoms with Gasteiger partial charge in [0.25, 0.3) is 0 Å². The van der Waals surface area contributed by atoms with E-state index in [1.165, 1.54) is 11.8 Å². The fourth-order valence-electron chi connectivity index (χ4n) is 2.09. The molecular weight excluding hydrogens is 296 g/mol. The molecule has 0 fully saturated rings. The summed E-state index contributed by atoms with van der Waals surface area (Å²) in [5.41, 5.74) is 1.77. The van der Waals surface area contributed by atoms with Crippen LogP contribution in [0.1, 0.15) is 5.69 Å². The third-order valence-corrected chi connectivity index (χ3v) is 3.67. The topological polar surface area (TPSA) is 68.5 Å². The van der Waals surface area contributed by atoms with Crippen LogP contribution in [0.25, 0.3) is 11.0 Å². The van der Waals surface area contributed by atoms with Crippen LogP contribution in [0.2, 0.25) is 0 Å². The fourth-order valence-corrected chi connectivity index (χ4v) is 2.45.